The lowest BCUT2D eigenvalue weighted by molar-refractivity contribution is 0.570. The van der Waals surface area contributed by atoms with Crippen molar-refractivity contribution >= 4 is 9.84 Å². The zero-order chi connectivity index (χ0) is 11.0. The molecule has 0 aliphatic heterocycles. The van der Waals surface area contributed by atoms with Crippen LogP contribution in [-0.2, 0) is 9.84 Å². The summed E-state index contributed by atoms with van der Waals surface area (Å²) in [5, 5.41) is 3.10. The van der Waals surface area contributed by atoms with Gasteiger partial charge in [0.05, 0.1) is 11.5 Å². The van der Waals surface area contributed by atoms with Crippen LogP contribution in [0.4, 0.5) is 0 Å². The Labute approximate surface area is 88.2 Å². The van der Waals surface area contributed by atoms with E-state index in [1.807, 2.05) is 13.8 Å². The van der Waals surface area contributed by atoms with E-state index in [1.165, 1.54) is 0 Å². The lowest BCUT2D eigenvalue weighted by atomic mass is 10.2. The molecule has 14 heavy (non-hydrogen) atoms. The van der Waals surface area contributed by atoms with Crippen molar-refractivity contribution < 1.29 is 8.42 Å². The van der Waals surface area contributed by atoms with Gasteiger partial charge in [-0.3, -0.25) is 0 Å². The van der Waals surface area contributed by atoms with Crippen LogP contribution in [-0.4, -0.2) is 33.0 Å². The van der Waals surface area contributed by atoms with Gasteiger partial charge in [0.2, 0.25) is 0 Å². The molecular formula is C10H23NO2S. The van der Waals surface area contributed by atoms with Crippen LogP contribution in [0.3, 0.4) is 0 Å². The molecule has 0 aliphatic rings. The second-order valence-corrected chi connectivity index (χ2v) is 6.39. The van der Waals surface area contributed by atoms with Crippen LogP contribution in [0.5, 0.6) is 0 Å². The zero-order valence-electron chi connectivity index (χ0n) is 9.54. The third-order valence-corrected chi connectivity index (χ3v) is 3.71. The van der Waals surface area contributed by atoms with Crippen molar-refractivity contribution in [3.63, 3.8) is 0 Å². The van der Waals surface area contributed by atoms with Gasteiger partial charge in [0.15, 0.2) is 9.84 Å². The Bertz CT molecular complexity index is 222. The third kappa shape index (κ3) is 8.51. The first kappa shape index (κ1) is 13.9. The van der Waals surface area contributed by atoms with Crippen LogP contribution in [0.2, 0.25) is 0 Å². The summed E-state index contributed by atoms with van der Waals surface area (Å²) in [4.78, 5) is 0. The average Bonchev–Trinajstić information content (AvgIpc) is 2.10. The fourth-order valence-corrected chi connectivity index (χ4v) is 2.54. The lowest BCUT2D eigenvalue weighted by Crippen LogP contribution is -2.25. The van der Waals surface area contributed by atoms with E-state index in [2.05, 4.69) is 12.2 Å². The quantitative estimate of drug-likeness (QED) is 0.631. The van der Waals surface area contributed by atoms with Gasteiger partial charge in [-0.15, -0.1) is 0 Å². The minimum atomic E-state index is -2.82. The van der Waals surface area contributed by atoms with Crippen LogP contribution in [0.15, 0.2) is 0 Å². The topological polar surface area (TPSA) is 46.2 Å². The largest absolute Gasteiger partial charge is 0.316 e. The normalized spacial score (nSPS) is 12.3. The van der Waals surface area contributed by atoms with Crippen molar-refractivity contribution in [2.45, 2.75) is 33.6 Å². The van der Waals surface area contributed by atoms with Crippen molar-refractivity contribution in [1.82, 2.24) is 5.32 Å². The molecule has 4 heteroatoms. The highest BCUT2D eigenvalue weighted by atomic mass is 32.2. The highest BCUT2D eigenvalue weighted by Crippen LogP contribution is 2.03. The van der Waals surface area contributed by atoms with E-state index in [0.717, 1.165) is 19.4 Å². The first-order valence-corrected chi connectivity index (χ1v) is 7.21. The van der Waals surface area contributed by atoms with E-state index >= 15 is 0 Å². The van der Waals surface area contributed by atoms with E-state index < -0.39 is 9.84 Å². The molecule has 0 fully saturated rings. The van der Waals surface area contributed by atoms with E-state index in [-0.39, 0.29) is 5.75 Å². The molecule has 0 aromatic heterocycles. The highest BCUT2D eigenvalue weighted by Gasteiger charge is 2.10. The average molecular weight is 221 g/mol. The van der Waals surface area contributed by atoms with Gasteiger partial charge in [-0.05, 0) is 25.3 Å². The highest BCUT2D eigenvalue weighted by molar-refractivity contribution is 7.91. The second-order valence-electron chi connectivity index (χ2n) is 4.08. The van der Waals surface area contributed by atoms with Crippen molar-refractivity contribution in [1.29, 1.82) is 0 Å². The third-order valence-electron chi connectivity index (χ3n) is 2.02. The molecule has 0 aliphatic carbocycles. The number of hydrogen-bond donors (Lipinski definition) is 1. The first-order chi connectivity index (χ1) is 6.48. The van der Waals surface area contributed by atoms with Gasteiger partial charge < -0.3 is 5.32 Å². The molecule has 0 atom stereocenters. The molecule has 0 rings (SSSR count). The van der Waals surface area contributed by atoms with Gasteiger partial charge in [-0.1, -0.05) is 20.8 Å². The molecule has 0 heterocycles. The number of hydrogen-bond acceptors (Lipinski definition) is 3. The Morgan fingerprint density at radius 2 is 1.79 bits per heavy atom. The number of nitrogens with one attached hydrogen (secondary N) is 1. The van der Waals surface area contributed by atoms with Gasteiger partial charge in [-0.25, -0.2) is 8.42 Å². The summed E-state index contributed by atoms with van der Waals surface area (Å²) >= 11 is 0. The van der Waals surface area contributed by atoms with Gasteiger partial charge in [0.25, 0.3) is 0 Å². The monoisotopic (exact) mass is 221 g/mol. The predicted molar refractivity (Wildman–Crippen MR) is 61.3 cm³/mol. The predicted octanol–water partition coefficient (Wildman–Crippen LogP) is 1.45. The second kappa shape index (κ2) is 7.23. The van der Waals surface area contributed by atoms with E-state index in [9.17, 15) is 8.42 Å². The van der Waals surface area contributed by atoms with E-state index in [0.29, 0.717) is 18.2 Å². The zero-order valence-corrected chi connectivity index (χ0v) is 10.4. The molecule has 86 valence electrons. The number of rotatable bonds is 8. The fraction of sp³-hybridized carbons (Fsp3) is 1.00. The van der Waals surface area contributed by atoms with E-state index in [1.54, 1.807) is 0 Å². The molecule has 0 aromatic rings. The Hall–Kier alpha value is -0.0900. The smallest absolute Gasteiger partial charge is 0.151 e. The van der Waals surface area contributed by atoms with Crippen molar-refractivity contribution in [2.24, 2.45) is 5.92 Å². The summed E-state index contributed by atoms with van der Waals surface area (Å²) in [5.74, 6) is 1.08. The SMILES string of the molecule is CCCNCCS(=O)(=O)CCC(C)C. The standard InChI is InChI=1S/C10H23NO2S/c1-4-6-11-7-9-14(12,13)8-5-10(2)3/h10-11H,4-9H2,1-3H3. The minimum Gasteiger partial charge on any atom is -0.316 e. The summed E-state index contributed by atoms with van der Waals surface area (Å²) < 4.78 is 22.9. The molecule has 0 saturated heterocycles. The van der Waals surface area contributed by atoms with Crippen LogP contribution in [0.1, 0.15) is 33.6 Å². The van der Waals surface area contributed by atoms with Gasteiger partial charge in [0.1, 0.15) is 0 Å². The summed E-state index contributed by atoms with van der Waals surface area (Å²) in [6, 6.07) is 0. The molecule has 0 unspecified atom stereocenters. The summed E-state index contributed by atoms with van der Waals surface area (Å²) in [5.41, 5.74) is 0. The molecule has 0 radical (unpaired) electrons. The first-order valence-electron chi connectivity index (χ1n) is 5.39. The fourth-order valence-electron chi connectivity index (χ4n) is 1.05. The minimum absolute atomic E-state index is 0.278. The summed E-state index contributed by atoms with van der Waals surface area (Å²) in [7, 11) is -2.82. The summed E-state index contributed by atoms with van der Waals surface area (Å²) in [6.45, 7) is 7.66. The van der Waals surface area contributed by atoms with Gasteiger partial charge in [0, 0.05) is 6.54 Å². The maximum absolute atomic E-state index is 11.5. The maximum Gasteiger partial charge on any atom is 0.151 e. The van der Waals surface area contributed by atoms with Crippen LogP contribution in [0.25, 0.3) is 0 Å². The summed E-state index contributed by atoms with van der Waals surface area (Å²) in [6.07, 6.45) is 1.82. The molecule has 3 nitrogen and oxygen atoms in total. The molecular weight excluding hydrogens is 198 g/mol. The molecule has 1 N–H and O–H groups in total. The Balaban J connectivity index is 3.62. The van der Waals surface area contributed by atoms with Crippen LogP contribution in [0, 0.1) is 5.92 Å². The molecule has 0 aromatic carbocycles. The van der Waals surface area contributed by atoms with Gasteiger partial charge in [-0.2, -0.15) is 0 Å². The van der Waals surface area contributed by atoms with Gasteiger partial charge >= 0.3 is 0 Å². The molecule has 0 spiro atoms. The molecule has 0 bridgehead atoms. The number of sulfone groups is 1. The van der Waals surface area contributed by atoms with Crippen LogP contribution < -0.4 is 5.32 Å². The Morgan fingerprint density at radius 1 is 1.14 bits per heavy atom. The van der Waals surface area contributed by atoms with Crippen molar-refractivity contribution in [3.8, 4) is 0 Å². The lowest BCUT2D eigenvalue weighted by Gasteiger charge is -2.06. The van der Waals surface area contributed by atoms with Crippen molar-refractivity contribution in [2.75, 3.05) is 24.6 Å². The van der Waals surface area contributed by atoms with Crippen LogP contribution >= 0.6 is 0 Å². The Kier molecular flexibility index (Phi) is 7.19. The van der Waals surface area contributed by atoms with E-state index in [4.69, 9.17) is 0 Å². The maximum atomic E-state index is 11.5. The Morgan fingerprint density at radius 3 is 2.29 bits per heavy atom. The molecule has 0 amide bonds. The molecule has 0 saturated carbocycles. The van der Waals surface area contributed by atoms with Crippen molar-refractivity contribution in [3.05, 3.63) is 0 Å².